The first-order valence-electron chi connectivity index (χ1n) is 5.16. The predicted molar refractivity (Wildman–Crippen MR) is 65.9 cm³/mol. The van der Waals surface area contributed by atoms with Crippen LogP contribution in [0.15, 0.2) is 48.6 Å². The van der Waals surface area contributed by atoms with Crippen LogP contribution in [0.1, 0.15) is 19.4 Å². The number of rotatable bonds is 4. The minimum Gasteiger partial charge on any atom is -0.458 e. The average Bonchev–Trinajstić information content (AvgIpc) is 2.29. The summed E-state index contributed by atoms with van der Waals surface area (Å²) in [7, 11) is 0. The van der Waals surface area contributed by atoms with Crippen molar-refractivity contribution < 1.29 is 9.53 Å². The van der Waals surface area contributed by atoms with E-state index in [1.54, 1.807) is 6.92 Å². The van der Waals surface area contributed by atoms with Crippen molar-refractivity contribution in [2.45, 2.75) is 13.8 Å². The number of hydrogen-bond donors (Lipinski definition) is 0. The van der Waals surface area contributed by atoms with Gasteiger partial charge in [0.2, 0.25) is 0 Å². The summed E-state index contributed by atoms with van der Waals surface area (Å²) in [6.07, 6.45) is 1.89. The number of carbonyl (C=O) groups is 1. The number of hydrogen-bond acceptors (Lipinski definition) is 2. The van der Waals surface area contributed by atoms with Crippen LogP contribution in [-0.2, 0) is 9.53 Å². The summed E-state index contributed by atoms with van der Waals surface area (Å²) in [6, 6.07) is 9.97. The van der Waals surface area contributed by atoms with E-state index in [2.05, 4.69) is 6.58 Å². The van der Waals surface area contributed by atoms with Gasteiger partial charge in [0.25, 0.3) is 0 Å². The normalized spacial score (nSPS) is 11.0. The molecule has 0 N–H and O–H groups in total. The largest absolute Gasteiger partial charge is 0.458 e. The van der Waals surface area contributed by atoms with Crippen LogP contribution < -0.4 is 0 Å². The molecule has 0 radical (unpaired) electrons. The van der Waals surface area contributed by atoms with Gasteiger partial charge in [-0.1, -0.05) is 36.9 Å². The number of ether oxygens (including phenoxy) is 1. The summed E-state index contributed by atoms with van der Waals surface area (Å²) in [4.78, 5) is 11.1. The van der Waals surface area contributed by atoms with Crippen LogP contribution in [-0.4, -0.2) is 12.6 Å². The van der Waals surface area contributed by atoms with Crippen molar-refractivity contribution in [1.82, 2.24) is 0 Å². The quantitative estimate of drug-likeness (QED) is 0.570. The van der Waals surface area contributed by atoms with Gasteiger partial charge < -0.3 is 4.74 Å². The topological polar surface area (TPSA) is 26.3 Å². The zero-order valence-corrected chi connectivity index (χ0v) is 9.69. The van der Waals surface area contributed by atoms with E-state index in [0.717, 1.165) is 11.1 Å². The van der Waals surface area contributed by atoms with E-state index >= 15 is 0 Å². The summed E-state index contributed by atoms with van der Waals surface area (Å²) >= 11 is 0. The van der Waals surface area contributed by atoms with Crippen LogP contribution in [0.2, 0.25) is 0 Å². The van der Waals surface area contributed by atoms with Crippen LogP contribution in [0.25, 0.3) is 5.57 Å². The Labute approximate surface area is 96.2 Å². The number of allylic oxidation sites excluding steroid dienone is 1. The lowest BCUT2D eigenvalue weighted by molar-refractivity contribution is -0.137. The molecule has 0 saturated heterocycles. The van der Waals surface area contributed by atoms with Gasteiger partial charge in [-0.2, -0.15) is 0 Å². The smallest absolute Gasteiger partial charge is 0.333 e. The second-order valence-corrected chi connectivity index (χ2v) is 3.63. The maximum absolute atomic E-state index is 11.1. The van der Waals surface area contributed by atoms with E-state index < -0.39 is 0 Å². The molecule has 0 heterocycles. The third-order valence-electron chi connectivity index (χ3n) is 2.18. The summed E-state index contributed by atoms with van der Waals surface area (Å²) in [6.45, 7) is 7.42. The van der Waals surface area contributed by atoms with E-state index in [1.165, 1.54) is 0 Å². The summed E-state index contributed by atoms with van der Waals surface area (Å²) in [5, 5.41) is 0. The number of benzene rings is 1. The van der Waals surface area contributed by atoms with E-state index in [1.807, 2.05) is 43.3 Å². The van der Waals surface area contributed by atoms with Gasteiger partial charge in [0.05, 0.1) is 0 Å². The zero-order valence-electron chi connectivity index (χ0n) is 9.69. The lowest BCUT2D eigenvalue weighted by Crippen LogP contribution is -2.04. The van der Waals surface area contributed by atoms with Crippen LogP contribution in [0.3, 0.4) is 0 Å². The SMILES string of the molecule is C=C(C)C(=O)OCC=C(C)c1ccccc1. The highest BCUT2D eigenvalue weighted by atomic mass is 16.5. The molecule has 0 aliphatic rings. The van der Waals surface area contributed by atoms with E-state index in [-0.39, 0.29) is 12.6 Å². The monoisotopic (exact) mass is 216 g/mol. The molecule has 1 rings (SSSR count). The molecule has 0 bridgehead atoms. The van der Waals surface area contributed by atoms with Gasteiger partial charge in [0.15, 0.2) is 0 Å². The second kappa shape index (κ2) is 5.91. The van der Waals surface area contributed by atoms with Gasteiger partial charge in [-0.05, 0) is 31.1 Å². The summed E-state index contributed by atoms with van der Waals surface area (Å²) in [5.41, 5.74) is 2.65. The van der Waals surface area contributed by atoms with Crippen molar-refractivity contribution in [1.29, 1.82) is 0 Å². The van der Waals surface area contributed by atoms with Crippen LogP contribution >= 0.6 is 0 Å². The molecular weight excluding hydrogens is 200 g/mol. The molecular formula is C14H16O2. The third-order valence-corrected chi connectivity index (χ3v) is 2.18. The van der Waals surface area contributed by atoms with E-state index in [9.17, 15) is 4.79 Å². The fourth-order valence-corrected chi connectivity index (χ4v) is 1.18. The maximum Gasteiger partial charge on any atom is 0.333 e. The Bertz CT molecular complexity index is 402. The summed E-state index contributed by atoms with van der Waals surface area (Å²) < 4.78 is 4.98. The average molecular weight is 216 g/mol. The Kier molecular flexibility index (Phi) is 4.52. The Morgan fingerprint density at radius 3 is 2.50 bits per heavy atom. The molecule has 84 valence electrons. The summed E-state index contributed by atoms with van der Waals surface area (Å²) in [5.74, 6) is -0.350. The van der Waals surface area contributed by atoms with E-state index in [4.69, 9.17) is 4.74 Å². The molecule has 0 spiro atoms. The molecule has 2 nitrogen and oxygen atoms in total. The van der Waals surface area contributed by atoms with Gasteiger partial charge in [-0.25, -0.2) is 4.79 Å². The molecule has 0 unspecified atom stereocenters. The maximum atomic E-state index is 11.1. The van der Waals surface area contributed by atoms with Crippen LogP contribution in [0.4, 0.5) is 0 Å². The minimum atomic E-state index is -0.350. The Morgan fingerprint density at radius 2 is 1.94 bits per heavy atom. The van der Waals surface area contributed by atoms with Crippen molar-refractivity contribution in [3.63, 3.8) is 0 Å². The molecule has 1 aromatic rings. The van der Waals surface area contributed by atoms with Crippen molar-refractivity contribution in [3.8, 4) is 0 Å². The lowest BCUT2D eigenvalue weighted by atomic mass is 10.1. The Morgan fingerprint density at radius 1 is 1.31 bits per heavy atom. The number of esters is 1. The van der Waals surface area contributed by atoms with Gasteiger partial charge >= 0.3 is 5.97 Å². The highest BCUT2D eigenvalue weighted by molar-refractivity contribution is 5.87. The van der Waals surface area contributed by atoms with Crippen LogP contribution in [0.5, 0.6) is 0 Å². The second-order valence-electron chi connectivity index (χ2n) is 3.63. The van der Waals surface area contributed by atoms with Crippen LogP contribution in [0, 0.1) is 0 Å². The van der Waals surface area contributed by atoms with Gasteiger partial charge in [-0.3, -0.25) is 0 Å². The molecule has 0 atom stereocenters. The lowest BCUT2D eigenvalue weighted by Gasteiger charge is -2.03. The highest BCUT2D eigenvalue weighted by Gasteiger charge is 2.01. The molecule has 1 aromatic carbocycles. The fraction of sp³-hybridized carbons (Fsp3) is 0.214. The fourth-order valence-electron chi connectivity index (χ4n) is 1.18. The first-order valence-corrected chi connectivity index (χ1v) is 5.16. The molecule has 0 saturated carbocycles. The van der Waals surface area contributed by atoms with Crippen molar-refractivity contribution >= 4 is 11.5 Å². The molecule has 16 heavy (non-hydrogen) atoms. The zero-order chi connectivity index (χ0) is 12.0. The first-order chi connectivity index (χ1) is 7.61. The third kappa shape index (κ3) is 3.73. The highest BCUT2D eigenvalue weighted by Crippen LogP contribution is 2.12. The number of carbonyl (C=O) groups excluding carboxylic acids is 1. The van der Waals surface area contributed by atoms with Crippen molar-refractivity contribution in [2.24, 2.45) is 0 Å². The molecule has 0 aliphatic carbocycles. The standard InChI is InChI=1S/C14H16O2/c1-11(2)14(15)16-10-9-12(3)13-7-5-4-6-8-13/h4-9H,1,10H2,2-3H3. The Balaban J connectivity index is 2.53. The minimum absolute atomic E-state index is 0.284. The van der Waals surface area contributed by atoms with Gasteiger partial charge in [0.1, 0.15) is 6.61 Å². The Hall–Kier alpha value is -1.83. The molecule has 0 fully saturated rings. The van der Waals surface area contributed by atoms with Crippen molar-refractivity contribution in [3.05, 3.63) is 54.1 Å². The van der Waals surface area contributed by atoms with Crippen molar-refractivity contribution in [2.75, 3.05) is 6.61 Å². The molecule has 2 heteroatoms. The first kappa shape index (κ1) is 12.2. The van der Waals surface area contributed by atoms with Gasteiger partial charge in [-0.15, -0.1) is 0 Å². The van der Waals surface area contributed by atoms with Gasteiger partial charge in [0, 0.05) is 5.57 Å². The van der Waals surface area contributed by atoms with E-state index in [0.29, 0.717) is 5.57 Å². The molecule has 0 amide bonds. The molecule has 0 aromatic heterocycles. The predicted octanol–water partition coefficient (Wildman–Crippen LogP) is 3.21. The molecule has 0 aliphatic heterocycles.